The van der Waals surface area contributed by atoms with Crippen LogP contribution in [0.4, 0.5) is 0 Å². The van der Waals surface area contributed by atoms with Gasteiger partial charge in [-0.1, -0.05) is 34.4 Å². The molecule has 0 spiro atoms. The summed E-state index contributed by atoms with van der Waals surface area (Å²) in [6.07, 6.45) is 0.948. The zero-order valence-electron chi connectivity index (χ0n) is 11.7. The van der Waals surface area contributed by atoms with Crippen LogP contribution in [0.1, 0.15) is 11.5 Å². The van der Waals surface area contributed by atoms with Crippen LogP contribution in [-0.2, 0) is 32.2 Å². The molecule has 0 aliphatic heterocycles. The van der Waals surface area contributed by atoms with Crippen LogP contribution in [0, 0.1) is 0 Å². The molecule has 1 aromatic heterocycles. The number of nitrogens with one attached hydrogen (secondary N) is 1. The van der Waals surface area contributed by atoms with Crippen molar-refractivity contribution < 1.29 is 21.3 Å². The SMILES string of the molecule is CS(=O)(=O)NCc1nnc(S(=O)(=O)Cc2ccc(Cl)cc2Cl)o1. The quantitative estimate of drug-likeness (QED) is 0.778. The van der Waals surface area contributed by atoms with Crippen molar-refractivity contribution in [1.29, 1.82) is 0 Å². The molecule has 1 N–H and O–H groups in total. The first-order chi connectivity index (χ1) is 10.6. The summed E-state index contributed by atoms with van der Waals surface area (Å²) in [7, 11) is -7.39. The summed E-state index contributed by atoms with van der Waals surface area (Å²) in [4.78, 5) is 0. The number of hydrogen-bond acceptors (Lipinski definition) is 7. The molecular weight excluding hydrogens is 389 g/mol. The first kappa shape index (κ1) is 18.1. The third-order valence-corrected chi connectivity index (χ3v) is 5.20. The van der Waals surface area contributed by atoms with E-state index in [-0.39, 0.29) is 17.5 Å². The van der Waals surface area contributed by atoms with Gasteiger partial charge in [-0.3, -0.25) is 0 Å². The minimum atomic E-state index is -3.93. The lowest BCUT2D eigenvalue weighted by atomic mass is 10.2. The van der Waals surface area contributed by atoms with Gasteiger partial charge in [-0.05, 0) is 17.7 Å². The van der Waals surface area contributed by atoms with Crippen LogP contribution in [0.2, 0.25) is 10.0 Å². The Balaban J connectivity index is 2.18. The van der Waals surface area contributed by atoms with E-state index in [0.29, 0.717) is 10.6 Å². The Bertz CT molecular complexity index is 925. The fraction of sp³-hybridized carbons (Fsp3) is 0.273. The Kier molecular flexibility index (Phi) is 5.31. The van der Waals surface area contributed by atoms with Gasteiger partial charge >= 0.3 is 5.22 Å². The minimum absolute atomic E-state index is 0.170. The molecule has 2 rings (SSSR count). The normalized spacial score (nSPS) is 12.5. The molecule has 0 aliphatic carbocycles. The number of benzene rings is 1. The lowest BCUT2D eigenvalue weighted by Crippen LogP contribution is -2.21. The summed E-state index contributed by atoms with van der Waals surface area (Å²) in [5, 5.41) is 6.87. The number of aromatic nitrogens is 2. The van der Waals surface area contributed by atoms with Crippen molar-refractivity contribution >= 4 is 43.1 Å². The molecule has 23 heavy (non-hydrogen) atoms. The van der Waals surface area contributed by atoms with Crippen molar-refractivity contribution in [3.63, 3.8) is 0 Å². The summed E-state index contributed by atoms with van der Waals surface area (Å²) >= 11 is 11.7. The highest BCUT2D eigenvalue weighted by Crippen LogP contribution is 2.24. The van der Waals surface area contributed by atoms with Gasteiger partial charge in [0.2, 0.25) is 25.8 Å². The summed E-state index contributed by atoms with van der Waals surface area (Å²) in [5.74, 6) is -0.624. The van der Waals surface area contributed by atoms with E-state index >= 15 is 0 Å². The minimum Gasteiger partial charge on any atom is -0.411 e. The molecule has 0 radical (unpaired) electrons. The van der Waals surface area contributed by atoms with Crippen LogP contribution in [-0.4, -0.2) is 33.3 Å². The van der Waals surface area contributed by atoms with Crippen LogP contribution in [0.5, 0.6) is 0 Å². The molecule has 0 unspecified atom stereocenters. The van der Waals surface area contributed by atoms with Gasteiger partial charge < -0.3 is 4.42 Å². The third-order valence-electron chi connectivity index (χ3n) is 2.56. The zero-order valence-corrected chi connectivity index (χ0v) is 14.8. The van der Waals surface area contributed by atoms with Gasteiger partial charge in [0.1, 0.15) is 0 Å². The van der Waals surface area contributed by atoms with Gasteiger partial charge in [0.25, 0.3) is 0 Å². The molecule has 0 bridgehead atoms. The molecule has 0 atom stereocenters. The van der Waals surface area contributed by atoms with Gasteiger partial charge in [-0.25, -0.2) is 21.6 Å². The van der Waals surface area contributed by atoms with E-state index in [9.17, 15) is 16.8 Å². The maximum absolute atomic E-state index is 12.2. The highest BCUT2D eigenvalue weighted by atomic mass is 35.5. The first-order valence-electron chi connectivity index (χ1n) is 6.00. The molecule has 0 fully saturated rings. The summed E-state index contributed by atoms with van der Waals surface area (Å²) in [6.45, 7) is -0.303. The summed E-state index contributed by atoms with van der Waals surface area (Å²) in [5.41, 5.74) is 0.324. The second-order valence-electron chi connectivity index (χ2n) is 4.55. The standard InChI is InChI=1S/C11H11Cl2N3O5S2/c1-22(17,18)14-5-10-15-16-11(21-10)23(19,20)6-7-2-3-8(12)4-9(7)13/h2-4,14H,5-6H2,1H3. The number of sulfone groups is 1. The van der Waals surface area contributed by atoms with Crippen molar-refractivity contribution in [2.75, 3.05) is 6.26 Å². The van der Waals surface area contributed by atoms with Crippen LogP contribution in [0.3, 0.4) is 0 Å². The summed E-state index contributed by atoms with van der Waals surface area (Å²) in [6, 6.07) is 4.40. The van der Waals surface area contributed by atoms with Crippen molar-refractivity contribution in [1.82, 2.24) is 14.9 Å². The largest absolute Gasteiger partial charge is 0.411 e. The first-order valence-corrected chi connectivity index (χ1v) is 10.3. The molecular formula is C11H11Cl2N3O5S2. The van der Waals surface area contributed by atoms with E-state index in [0.717, 1.165) is 6.26 Å². The van der Waals surface area contributed by atoms with E-state index < -0.39 is 30.8 Å². The van der Waals surface area contributed by atoms with Gasteiger partial charge in [0, 0.05) is 10.0 Å². The molecule has 126 valence electrons. The van der Waals surface area contributed by atoms with Crippen LogP contribution in [0.25, 0.3) is 0 Å². The predicted molar refractivity (Wildman–Crippen MR) is 83.3 cm³/mol. The third kappa shape index (κ3) is 5.15. The van der Waals surface area contributed by atoms with E-state index in [2.05, 4.69) is 14.9 Å². The van der Waals surface area contributed by atoms with Crippen LogP contribution in [0.15, 0.2) is 27.8 Å². The second-order valence-corrected chi connectivity index (χ2v) is 9.09. The number of sulfonamides is 1. The van der Waals surface area contributed by atoms with Crippen LogP contribution >= 0.6 is 23.2 Å². The molecule has 0 saturated heterocycles. The van der Waals surface area contributed by atoms with Gasteiger partial charge in [-0.2, -0.15) is 0 Å². The number of hydrogen-bond donors (Lipinski definition) is 1. The van der Waals surface area contributed by atoms with Crippen LogP contribution < -0.4 is 4.72 Å². The predicted octanol–water partition coefficient (Wildman–Crippen LogP) is 1.40. The average Bonchev–Trinajstić information content (AvgIpc) is 2.89. The summed E-state index contributed by atoms with van der Waals surface area (Å²) < 4.78 is 53.5. The maximum Gasteiger partial charge on any atom is 0.335 e. The zero-order chi connectivity index (χ0) is 17.3. The Morgan fingerprint density at radius 3 is 2.48 bits per heavy atom. The molecule has 1 aromatic carbocycles. The fourth-order valence-electron chi connectivity index (χ4n) is 1.53. The highest BCUT2D eigenvalue weighted by molar-refractivity contribution is 7.90. The molecule has 0 saturated carbocycles. The van der Waals surface area contributed by atoms with Crippen molar-refractivity contribution in [2.24, 2.45) is 0 Å². The molecule has 0 amide bonds. The van der Waals surface area contributed by atoms with E-state index in [1.807, 2.05) is 0 Å². The molecule has 1 heterocycles. The molecule has 12 heteroatoms. The monoisotopic (exact) mass is 399 g/mol. The second kappa shape index (κ2) is 6.73. The van der Waals surface area contributed by atoms with Crippen molar-refractivity contribution in [3.8, 4) is 0 Å². The molecule has 8 nitrogen and oxygen atoms in total. The van der Waals surface area contributed by atoms with E-state index in [1.165, 1.54) is 18.2 Å². The van der Waals surface area contributed by atoms with Gasteiger partial charge in [0.15, 0.2) is 0 Å². The Morgan fingerprint density at radius 2 is 1.87 bits per heavy atom. The lowest BCUT2D eigenvalue weighted by Gasteiger charge is -2.03. The Morgan fingerprint density at radius 1 is 1.17 bits per heavy atom. The molecule has 0 aliphatic rings. The maximum atomic E-state index is 12.2. The van der Waals surface area contributed by atoms with Crippen molar-refractivity contribution in [2.45, 2.75) is 17.5 Å². The topological polar surface area (TPSA) is 119 Å². The Labute approximate surface area is 142 Å². The number of nitrogens with zero attached hydrogens (tertiary/aromatic N) is 2. The van der Waals surface area contributed by atoms with Crippen molar-refractivity contribution in [3.05, 3.63) is 39.7 Å². The number of rotatable bonds is 6. The fourth-order valence-corrected chi connectivity index (χ4v) is 3.65. The Hall–Kier alpha value is -1.20. The highest BCUT2D eigenvalue weighted by Gasteiger charge is 2.24. The van der Waals surface area contributed by atoms with Gasteiger partial charge in [0.05, 0.1) is 18.6 Å². The number of halogens is 2. The van der Waals surface area contributed by atoms with E-state index in [4.69, 9.17) is 27.6 Å². The smallest absolute Gasteiger partial charge is 0.335 e. The van der Waals surface area contributed by atoms with Gasteiger partial charge in [-0.15, -0.1) is 5.10 Å². The average molecular weight is 400 g/mol. The molecule has 2 aromatic rings. The lowest BCUT2D eigenvalue weighted by molar-refractivity contribution is 0.393. The van der Waals surface area contributed by atoms with E-state index in [1.54, 1.807) is 0 Å².